The second-order valence-electron chi connectivity index (χ2n) is 9.56. The van der Waals surface area contributed by atoms with Crippen molar-refractivity contribution in [1.29, 1.82) is 0 Å². The highest BCUT2D eigenvalue weighted by Crippen LogP contribution is 2.30. The Labute approximate surface area is 234 Å². The summed E-state index contributed by atoms with van der Waals surface area (Å²) in [7, 11) is 0. The van der Waals surface area contributed by atoms with Crippen LogP contribution < -0.4 is 15.8 Å². The highest BCUT2D eigenvalue weighted by atomic mass is 35.5. The number of benzene rings is 4. The summed E-state index contributed by atoms with van der Waals surface area (Å²) in [6.45, 7) is 0. The quantitative estimate of drug-likeness (QED) is 0.219. The van der Waals surface area contributed by atoms with E-state index in [1.54, 1.807) is 24.3 Å². The lowest BCUT2D eigenvalue weighted by atomic mass is 9.84. The zero-order valence-corrected chi connectivity index (χ0v) is 22.6. The molecule has 0 bridgehead atoms. The third-order valence-corrected chi connectivity index (χ3v) is 8.32. The van der Waals surface area contributed by atoms with Crippen molar-refractivity contribution in [3.8, 4) is 0 Å². The first kappa shape index (κ1) is 24.9. The Morgan fingerprint density at radius 3 is 2.34 bits per heavy atom. The van der Waals surface area contributed by atoms with Gasteiger partial charge in [-0.25, -0.2) is 0 Å². The number of rotatable bonds is 4. The van der Waals surface area contributed by atoms with Crippen LogP contribution in [0.25, 0.3) is 11.6 Å². The predicted octanol–water partition coefficient (Wildman–Crippen LogP) is 6.89. The van der Waals surface area contributed by atoms with Crippen molar-refractivity contribution in [2.24, 2.45) is 0 Å². The molecule has 6 rings (SSSR count). The van der Waals surface area contributed by atoms with E-state index in [1.807, 2.05) is 0 Å². The Balaban J connectivity index is 1.32. The van der Waals surface area contributed by atoms with Crippen molar-refractivity contribution in [1.82, 2.24) is 0 Å². The van der Waals surface area contributed by atoms with Gasteiger partial charge in [-0.1, -0.05) is 77.3 Å². The van der Waals surface area contributed by atoms with Gasteiger partial charge in [0.2, 0.25) is 0 Å². The standard InChI is InChI=1S/C32H22Cl3NO2/c33-20-16-28(30(35)29(34)17-20)32(38)36-21-11-8-19(9-12-21)31(37)27-7-3-6-23-25-13-10-18-4-1-2-5-22(18)24(25)14-15-26(23)27/h1-2,4-5,8-12,14-17H,3,6-7,13H2,(H,36,38). The lowest BCUT2D eigenvalue weighted by molar-refractivity contribution is 0.102. The zero-order valence-electron chi connectivity index (χ0n) is 20.3. The van der Waals surface area contributed by atoms with Gasteiger partial charge in [-0.05, 0) is 94.1 Å². The van der Waals surface area contributed by atoms with E-state index in [1.165, 1.54) is 38.9 Å². The average Bonchev–Trinajstić information content (AvgIpc) is 2.94. The number of Topliss-reactive ketones (excluding diaryl/α,β-unsaturated/α-hetero) is 1. The first-order valence-corrected chi connectivity index (χ1v) is 13.6. The van der Waals surface area contributed by atoms with E-state index in [9.17, 15) is 9.59 Å². The maximum absolute atomic E-state index is 13.6. The molecular formula is C32H22Cl3NO2. The smallest absolute Gasteiger partial charge is 0.257 e. The molecule has 3 nitrogen and oxygen atoms in total. The van der Waals surface area contributed by atoms with E-state index < -0.39 is 5.91 Å². The number of hydrogen-bond donors (Lipinski definition) is 1. The van der Waals surface area contributed by atoms with E-state index >= 15 is 0 Å². The molecule has 0 aliphatic heterocycles. The van der Waals surface area contributed by atoms with Crippen LogP contribution in [-0.2, 0) is 12.8 Å². The number of hydrogen-bond acceptors (Lipinski definition) is 2. The third-order valence-electron chi connectivity index (χ3n) is 7.30. The summed E-state index contributed by atoms with van der Waals surface area (Å²) in [5, 5.41) is 8.32. The van der Waals surface area contributed by atoms with Gasteiger partial charge in [-0.3, -0.25) is 9.59 Å². The number of nitrogens with one attached hydrogen (secondary N) is 1. The Morgan fingerprint density at radius 1 is 0.763 bits per heavy atom. The molecule has 4 aromatic carbocycles. The summed E-state index contributed by atoms with van der Waals surface area (Å²) >= 11 is 18.3. The molecule has 0 spiro atoms. The van der Waals surface area contributed by atoms with Crippen LogP contribution in [0.15, 0.2) is 72.8 Å². The van der Waals surface area contributed by atoms with Crippen LogP contribution >= 0.6 is 34.8 Å². The Morgan fingerprint density at radius 2 is 1.53 bits per heavy atom. The third kappa shape index (κ3) is 4.45. The Hall–Kier alpha value is -3.37. The van der Waals surface area contributed by atoms with Crippen molar-refractivity contribution in [3.63, 3.8) is 0 Å². The van der Waals surface area contributed by atoms with Gasteiger partial charge in [-0.2, -0.15) is 0 Å². The predicted molar refractivity (Wildman–Crippen MR) is 155 cm³/mol. The molecule has 0 saturated carbocycles. The van der Waals surface area contributed by atoms with Crippen LogP contribution in [0.2, 0.25) is 15.1 Å². The molecule has 0 unspecified atom stereocenters. The van der Waals surface area contributed by atoms with E-state index in [-0.39, 0.29) is 21.4 Å². The lowest BCUT2D eigenvalue weighted by Crippen LogP contribution is -2.25. The second kappa shape index (κ2) is 10.1. The maximum Gasteiger partial charge on any atom is 0.257 e. The topological polar surface area (TPSA) is 46.2 Å². The number of ketones is 1. The molecule has 2 aliphatic rings. The fourth-order valence-electron chi connectivity index (χ4n) is 5.49. The summed E-state index contributed by atoms with van der Waals surface area (Å²) in [5.41, 5.74) is 4.79. The van der Waals surface area contributed by atoms with Gasteiger partial charge in [0.25, 0.3) is 5.91 Å². The number of anilines is 1. The largest absolute Gasteiger partial charge is 0.322 e. The molecule has 0 fully saturated rings. The van der Waals surface area contributed by atoms with Gasteiger partial charge in [0.05, 0.1) is 15.6 Å². The number of carbonyl (C=O) groups excluding carboxylic acids is 2. The average molecular weight is 559 g/mol. The van der Waals surface area contributed by atoms with Crippen LogP contribution in [0.5, 0.6) is 0 Å². The van der Waals surface area contributed by atoms with Crippen molar-refractivity contribution >= 4 is 63.8 Å². The summed E-state index contributed by atoms with van der Waals surface area (Å²) in [4.78, 5) is 26.4. The molecule has 38 heavy (non-hydrogen) atoms. The monoisotopic (exact) mass is 557 g/mol. The summed E-state index contributed by atoms with van der Waals surface area (Å²) in [6, 6.07) is 22.6. The highest BCUT2D eigenvalue weighted by molar-refractivity contribution is 6.45. The van der Waals surface area contributed by atoms with Gasteiger partial charge in [0.15, 0.2) is 5.78 Å². The maximum atomic E-state index is 13.6. The minimum atomic E-state index is -0.433. The zero-order chi connectivity index (χ0) is 26.4. The van der Waals surface area contributed by atoms with Crippen molar-refractivity contribution in [3.05, 3.63) is 131 Å². The van der Waals surface area contributed by atoms with Gasteiger partial charge in [0, 0.05) is 21.8 Å². The van der Waals surface area contributed by atoms with Crippen LogP contribution in [-0.4, -0.2) is 11.7 Å². The molecule has 0 heterocycles. The molecule has 0 saturated heterocycles. The normalized spacial score (nSPS) is 13.6. The van der Waals surface area contributed by atoms with Crippen molar-refractivity contribution in [2.75, 3.05) is 5.32 Å². The fourth-order valence-corrected chi connectivity index (χ4v) is 6.18. The van der Waals surface area contributed by atoms with Crippen LogP contribution in [0.3, 0.4) is 0 Å². The molecule has 0 atom stereocenters. The molecule has 1 N–H and O–H groups in total. The molecule has 188 valence electrons. The molecule has 0 radical (unpaired) electrons. The molecule has 0 aromatic heterocycles. The molecular weight excluding hydrogens is 537 g/mol. The Kier molecular flexibility index (Phi) is 6.61. The second-order valence-corrected chi connectivity index (χ2v) is 10.8. The van der Waals surface area contributed by atoms with Crippen molar-refractivity contribution < 1.29 is 9.59 Å². The van der Waals surface area contributed by atoms with Gasteiger partial charge >= 0.3 is 0 Å². The molecule has 4 aromatic rings. The van der Waals surface area contributed by atoms with E-state index in [0.29, 0.717) is 16.3 Å². The summed E-state index contributed by atoms with van der Waals surface area (Å²) in [6.07, 6.45) is 5.84. The van der Waals surface area contributed by atoms with E-state index in [2.05, 4.69) is 47.8 Å². The van der Waals surface area contributed by atoms with Crippen LogP contribution in [0, 0.1) is 10.4 Å². The van der Waals surface area contributed by atoms with Crippen LogP contribution in [0.1, 0.15) is 44.7 Å². The minimum Gasteiger partial charge on any atom is -0.322 e. The lowest BCUT2D eigenvalue weighted by Gasteiger charge is -2.20. The Bertz CT molecular complexity index is 1860. The van der Waals surface area contributed by atoms with Crippen LogP contribution in [0.4, 0.5) is 5.69 Å². The first-order chi connectivity index (χ1) is 18.4. The van der Waals surface area contributed by atoms with Crippen molar-refractivity contribution in [2.45, 2.75) is 25.7 Å². The first-order valence-electron chi connectivity index (χ1n) is 12.4. The molecule has 1 amide bonds. The fraction of sp³-hybridized carbons (Fsp3) is 0.125. The summed E-state index contributed by atoms with van der Waals surface area (Å²) < 4.78 is 0. The SMILES string of the molecule is O=C(C1=c2ccc3c(c2CCC1)CC=c1ccccc1=3)c1ccc(NC(=O)c2cc(Cl)cc(Cl)c2Cl)cc1. The number of fused-ring (bicyclic) bond motifs is 4. The number of halogens is 3. The van der Waals surface area contributed by atoms with Gasteiger partial charge in [0.1, 0.15) is 0 Å². The number of carbonyl (C=O) groups is 2. The van der Waals surface area contributed by atoms with E-state index in [4.69, 9.17) is 34.8 Å². The molecule has 2 aliphatic carbocycles. The summed E-state index contributed by atoms with van der Waals surface area (Å²) in [5.74, 6) is -0.411. The van der Waals surface area contributed by atoms with Gasteiger partial charge < -0.3 is 5.32 Å². The van der Waals surface area contributed by atoms with E-state index in [0.717, 1.165) is 36.5 Å². The molecule has 6 heteroatoms. The minimum absolute atomic E-state index is 0.0219. The number of amides is 1. The van der Waals surface area contributed by atoms with Gasteiger partial charge in [-0.15, -0.1) is 0 Å². The highest BCUT2D eigenvalue weighted by Gasteiger charge is 2.21.